The molecule has 23 heavy (non-hydrogen) atoms. The molecular formula is C18H31N5. The topological polar surface area (TPSA) is 25.0 Å². The van der Waals surface area contributed by atoms with Gasteiger partial charge in [-0.15, -0.1) is 0 Å². The van der Waals surface area contributed by atoms with Crippen molar-refractivity contribution in [1.29, 1.82) is 0 Å². The lowest BCUT2D eigenvalue weighted by molar-refractivity contribution is 0.313. The molecule has 0 spiro atoms. The van der Waals surface area contributed by atoms with Crippen LogP contribution in [0.2, 0.25) is 0 Å². The highest BCUT2D eigenvalue weighted by Gasteiger charge is 2.34. The van der Waals surface area contributed by atoms with Gasteiger partial charge in [-0.3, -0.25) is 0 Å². The summed E-state index contributed by atoms with van der Waals surface area (Å²) in [4.78, 5) is 9.82. The zero-order valence-corrected chi connectivity index (χ0v) is 15.0. The molecule has 128 valence electrons. The lowest BCUT2D eigenvalue weighted by Gasteiger charge is -2.36. The van der Waals surface area contributed by atoms with Gasteiger partial charge in [0.05, 0.1) is 17.1 Å². The van der Waals surface area contributed by atoms with Gasteiger partial charge in [-0.05, 0) is 32.1 Å². The van der Waals surface area contributed by atoms with E-state index >= 15 is 0 Å². The van der Waals surface area contributed by atoms with Crippen molar-refractivity contribution in [2.75, 3.05) is 75.1 Å². The lowest BCUT2D eigenvalue weighted by Crippen LogP contribution is -2.47. The molecule has 5 heteroatoms. The van der Waals surface area contributed by atoms with Crippen LogP contribution >= 0.6 is 0 Å². The fourth-order valence-corrected chi connectivity index (χ4v) is 3.72. The van der Waals surface area contributed by atoms with E-state index in [1.54, 1.807) is 0 Å². The largest absolute Gasteiger partial charge is 0.367 e. The van der Waals surface area contributed by atoms with Gasteiger partial charge in [0.25, 0.3) is 0 Å². The fourth-order valence-electron chi connectivity index (χ4n) is 3.72. The van der Waals surface area contributed by atoms with Gasteiger partial charge in [-0.1, -0.05) is 13.0 Å². The molecule has 1 atom stereocenters. The zero-order valence-electron chi connectivity index (χ0n) is 15.0. The molecule has 3 rings (SSSR count). The molecule has 2 aliphatic rings. The van der Waals surface area contributed by atoms with Gasteiger partial charge in [0.1, 0.15) is 6.17 Å². The summed E-state index contributed by atoms with van der Waals surface area (Å²) in [5, 5.41) is 3.57. The maximum atomic E-state index is 3.57. The molecule has 0 bridgehead atoms. The third-order valence-corrected chi connectivity index (χ3v) is 5.22. The van der Waals surface area contributed by atoms with Crippen LogP contribution < -0.4 is 20.0 Å². The third kappa shape index (κ3) is 3.12. The number of hydrogen-bond acceptors (Lipinski definition) is 5. The summed E-state index contributed by atoms with van der Waals surface area (Å²) in [6, 6.07) is 6.75. The van der Waals surface area contributed by atoms with E-state index in [0.29, 0.717) is 6.17 Å². The van der Waals surface area contributed by atoms with Crippen molar-refractivity contribution in [3.63, 3.8) is 0 Å². The van der Waals surface area contributed by atoms with Crippen LogP contribution in [0.4, 0.5) is 17.1 Å². The van der Waals surface area contributed by atoms with E-state index in [-0.39, 0.29) is 0 Å². The molecule has 2 aliphatic heterocycles. The van der Waals surface area contributed by atoms with Crippen molar-refractivity contribution in [2.24, 2.45) is 0 Å². The summed E-state index contributed by atoms with van der Waals surface area (Å²) in [5.74, 6) is 0. The summed E-state index contributed by atoms with van der Waals surface area (Å²) < 4.78 is 0. The number of hydrogen-bond donors (Lipinski definition) is 1. The summed E-state index contributed by atoms with van der Waals surface area (Å²) in [6.07, 6.45) is 1.57. The first-order chi connectivity index (χ1) is 11.1. The first-order valence-corrected chi connectivity index (χ1v) is 8.86. The smallest absolute Gasteiger partial charge is 0.114 e. The molecule has 1 saturated heterocycles. The average Bonchev–Trinajstić information content (AvgIpc) is 2.81. The SMILES string of the molecule is CCCNCC1N(C)c2cccc(N3CCN(C)CC3)c2N1C. The molecule has 0 aliphatic carbocycles. The molecule has 0 amide bonds. The van der Waals surface area contributed by atoms with Crippen molar-refractivity contribution in [1.82, 2.24) is 10.2 Å². The predicted molar refractivity (Wildman–Crippen MR) is 99.9 cm³/mol. The maximum absolute atomic E-state index is 3.57. The van der Waals surface area contributed by atoms with Gasteiger partial charge in [-0.25, -0.2) is 0 Å². The van der Waals surface area contributed by atoms with Crippen LogP contribution in [0.15, 0.2) is 18.2 Å². The van der Waals surface area contributed by atoms with Crippen LogP contribution in [-0.4, -0.2) is 71.5 Å². The van der Waals surface area contributed by atoms with Crippen LogP contribution in [0.5, 0.6) is 0 Å². The van der Waals surface area contributed by atoms with E-state index in [4.69, 9.17) is 0 Å². The first kappa shape index (κ1) is 16.4. The Kier molecular flexibility index (Phi) is 4.97. The van der Waals surface area contributed by atoms with E-state index < -0.39 is 0 Å². The monoisotopic (exact) mass is 317 g/mol. The number of rotatable bonds is 5. The Labute approximate surface area is 140 Å². The molecule has 5 nitrogen and oxygen atoms in total. The summed E-state index contributed by atoms with van der Waals surface area (Å²) in [5.41, 5.74) is 4.14. The number of para-hydroxylation sites is 1. The number of benzene rings is 1. The van der Waals surface area contributed by atoms with E-state index in [1.165, 1.54) is 23.5 Å². The van der Waals surface area contributed by atoms with Gasteiger partial charge in [0, 0.05) is 46.8 Å². The molecule has 0 saturated carbocycles. The summed E-state index contributed by atoms with van der Waals surface area (Å²) in [6.45, 7) is 8.81. The summed E-state index contributed by atoms with van der Waals surface area (Å²) >= 11 is 0. The Balaban J connectivity index is 1.82. The van der Waals surface area contributed by atoms with Gasteiger partial charge < -0.3 is 24.9 Å². The minimum atomic E-state index is 0.394. The molecule has 0 radical (unpaired) electrons. The molecule has 2 heterocycles. The molecule has 1 aromatic carbocycles. The quantitative estimate of drug-likeness (QED) is 0.833. The van der Waals surface area contributed by atoms with Gasteiger partial charge >= 0.3 is 0 Å². The number of piperazine rings is 1. The third-order valence-electron chi connectivity index (χ3n) is 5.22. The second kappa shape index (κ2) is 6.97. The van der Waals surface area contributed by atoms with Crippen molar-refractivity contribution in [2.45, 2.75) is 19.5 Å². The first-order valence-electron chi connectivity index (χ1n) is 8.86. The molecule has 1 fully saturated rings. The van der Waals surface area contributed by atoms with Crippen molar-refractivity contribution >= 4 is 17.1 Å². The van der Waals surface area contributed by atoms with Crippen LogP contribution in [0.3, 0.4) is 0 Å². The number of anilines is 3. The standard InChI is InChI=1S/C18H31N5/c1-5-9-19-14-17-21(3)15-7-6-8-16(18(15)22(17)4)23-12-10-20(2)11-13-23/h6-8,17,19H,5,9-14H2,1-4H3. The minimum absolute atomic E-state index is 0.394. The van der Waals surface area contributed by atoms with Crippen molar-refractivity contribution < 1.29 is 0 Å². The number of likely N-dealkylation sites (N-methyl/N-ethyl adjacent to an activating group) is 3. The Morgan fingerprint density at radius 1 is 1.00 bits per heavy atom. The highest BCUT2D eigenvalue weighted by molar-refractivity contribution is 5.88. The number of nitrogens with one attached hydrogen (secondary N) is 1. The van der Waals surface area contributed by atoms with E-state index in [9.17, 15) is 0 Å². The normalized spacial score (nSPS) is 21.9. The predicted octanol–water partition coefficient (Wildman–Crippen LogP) is 1.65. The van der Waals surface area contributed by atoms with Gasteiger partial charge in [0.2, 0.25) is 0 Å². The van der Waals surface area contributed by atoms with Crippen LogP contribution in [0.25, 0.3) is 0 Å². The average molecular weight is 317 g/mol. The van der Waals surface area contributed by atoms with Gasteiger partial charge in [-0.2, -0.15) is 0 Å². The second-order valence-electron chi connectivity index (χ2n) is 6.84. The molecular weight excluding hydrogens is 286 g/mol. The zero-order chi connectivity index (χ0) is 16.4. The Morgan fingerprint density at radius 3 is 2.39 bits per heavy atom. The molecule has 1 N–H and O–H groups in total. The van der Waals surface area contributed by atoms with Gasteiger partial charge in [0.15, 0.2) is 0 Å². The van der Waals surface area contributed by atoms with Crippen LogP contribution in [0.1, 0.15) is 13.3 Å². The molecule has 0 aromatic heterocycles. The molecule has 1 aromatic rings. The summed E-state index contributed by atoms with van der Waals surface area (Å²) in [7, 11) is 6.66. The van der Waals surface area contributed by atoms with Crippen molar-refractivity contribution in [3.05, 3.63) is 18.2 Å². The number of fused-ring (bicyclic) bond motifs is 1. The Bertz CT molecular complexity index is 524. The second-order valence-corrected chi connectivity index (χ2v) is 6.84. The Hall–Kier alpha value is -1.46. The van der Waals surface area contributed by atoms with Crippen LogP contribution in [-0.2, 0) is 0 Å². The molecule has 1 unspecified atom stereocenters. The lowest BCUT2D eigenvalue weighted by atomic mass is 10.2. The highest BCUT2D eigenvalue weighted by Crippen LogP contribution is 2.44. The Morgan fingerprint density at radius 2 is 1.70 bits per heavy atom. The highest BCUT2D eigenvalue weighted by atomic mass is 15.4. The van der Waals surface area contributed by atoms with E-state index in [1.807, 2.05) is 0 Å². The van der Waals surface area contributed by atoms with E-state index in [2.05, 4.69) is 71.2 Å². The minimum Gasteiger partial charge on any atom is -0.367 e. The van der Waals surface area contributed by atoms with E-state index in [0.717, 1.165) is 39.3 Å². The van der Waals surface area contributed by atoms with Crippen molar-refractivity contribution in [3.8, 4) is 0 Å². The number of nitrogens with zero attached hydrogens (tertiary/aromatic N) is 4. The fraction of sp³-hybridized carbons (Fsp3) is 0.667. The van der Waals surface area contributed by atoms with Crippen LogP contribution in [0, 0.1) is 0 Å². The maximum Gasteiger partial charge on any atom is 0.114 e.